The lowest BCUT2D eigenvalue weighted by Gasteiger charge is -2.36. The molecule has 5 heteroatoms. The number of carbonyl (C=O) groups is 2. The van der Waals surface area contributed by atoms with Crippen LogP contribution in [0.5, 0.6) is 0 Å². The van der Waals surface area contributed by atoms with Crippen LogP contribution < -0.4 is 0 Å². The first-order valence-corrected chi connectivity index (χ1v) is 10.1. The smallest absolute Gasteiger partial charge is 0.410 e. The van der Waals surface area contributed by atoms with Crippen molar-refractivity contribution in [1.82, 2.24) is 9.80 Å². The van der Waals surface area contributed by atoms with Crippen molar-refractivity contribution < 1.29 is 14.3 Å². The first-order valence-electron chi connectivity index (χ1n) is 10.1. The Balaban J connectivity index is 1.67. The molecule has 1 aromatic rings. The van der Waals surface area contributed by atoms with Gasteiger partial charge in [-0.25, -0.2) is 4.79 Å². The van der Waals surface area contributed by atoms with Gasteiger partial charge in [0.2, 0.25) is 5.91 Å². The fraction of sp³-hybridized carbons (Fsp3) is 0.636. The van der Waals surface area contributed by atoms with E-state index in [2.05, 4.69) is 19.1 Å². The van der Waals surface area contributed by atoms with Gasteiger partial charge in [-0.1, -0.05) is 24.3 Å². The van der Waals surface area contributed by atoms with Crippen LogP contribution in [0, 0.1) is 12.8 Å². The lowest BCUT2D eigenvalue weighted by Crippen LogP contribution is -2.48. The van der Waals surface area contributed by atoms with E-state index in [1.54, 1.807) is 4.90 Å². The Hall–Kier alpha value is -2.04. The first-order chi connectivity index (χ1) is 12.7. The van der Waals surface area contributed by atoms with Crippen molar-refractivity contribution in [1.29, 1.82) is 0 Å². The second-order valence-corrected chi connectivity index (χ2v) is 8.89. The van der Waals surface area contributed by atoms with E-state index in [4.69, 9.17) is 4.74 Å². The van der Waals surface area contributed by atoms with Crippen LogP contribution in [0.15, 0.2) is 24.3 Å². The van der Waals surface area contributed by atoms with E-state index >= 15 is 0 Å². The summed E-state index contributed by atoms with van der Waals surface area (Å²) >= 11 is 0. The minimum atomic E-state index is -0.515. The molecular weight excluding hydrogens is 340 g/mol. The van der Waals surface area contributed by atoms with E-state index in [0.717, 1.165) is 25.7 Å². The number of benzene rings is 1. The summed E-state index contributed by atoms with van der Waals surface area (Å²) in [4.78, 5) is 29.5. The van der Waals surface area contributed by atoms with Gasteiger partial charge in [-0.2, -0.15) is 0 Å². The zero-order valence-corrected chi connectivity index (χ0v) is 17.0. The fourth-order valence-corrected chi connectivity index (χ4v) is 3.65. The Morgan fingerprint density at radius 1 is 1.19 bits per heavy atom. The molecule has 2 fully saturated rings. The summed E-state index contributed by atoms with van der Waals surface area (Å²) in [5, 5.41) is 0. The van der Waals surface area contributed by atoms with Crippen LogP contribution in [0.2, 0.25) is 0 Å². The third-order valence-corrected chi connectivity index (χ3v) is 5.29. The molecule has 3 rings (SSSR count). The normalized spacial score (nSPS) is 20.3. The number of aryl methyl sites for hydroxylation is 1. The van der Waals surface area contributed by atoms with Crippen LogP contribution in [0.4, 0.5) is 4.79 Å². The largest absolute Gasteiger partial charge is 0.444 e. The Morgan fingerprint density at radius 2 is 1.89 bits per heavy atom. The minimum absolute atomic E-state index is 0.129. The van der Waals surface area contributed by atoms with Gasteiger partial charge in [0.1, 0.15) is 5.60 Å². The minimum Gasteiger partial charge on any atom is -0.444 e. The standard InChI is InChI=1S/C22H32N2O3/c1-16-8-5-6-9-17(16)15-24(19-11-12-19)20(25)18-10-7-13-23(14-18)21(26)27-22(2,3)4/h5-6,8-9,18-19H,7,10-15H2,1-4H3/t18-/m1/s1. The van der Waals surface area contributed by atoms with Crippen molar-refractivity contribution in [2.75, 3.05) is 13.1 Å². The van der Waals surface area contributed by atoms with Crippen molar-refractivity contribution in [3.63, 3.8) is 0 Å². The van der Waals surface area contributed by atoms with E-state index in [1.165, 1.54) is 11.1 Å². The molecular formula is C22H32N2O3. The van der Waals surface area contributed by atoms with Crippen LogP contribution in [-0.4, -0.2) is 46.5 Å². The molecule has 27 heavy (non-hydrogen) atoms. The average Bonchev–Trinajstić information content (AvgIpc) is 3.44. The Kier molecular flexibility index (Phi) is 5.78. The summed E-state index contributed by atoms with van der Waals surface area (Å²) in [7, 11) is 0. The molecule has 0 aromatic heterocycles. The third kappa shape index (κ3) is 5.24. The maximum absolute atomic E-state index is 13.3. The van der Waals surface area contributed by atoms with Crippen molar-refractivity contribution in [3.8, 4) is 0 Å². The van der Waals surface area contributed by atoms with Gasteiger partial charge in [-0.3, -0.25) is 4.79 Å². The molecule has 0 bridgehead atoms. The Bertz CT molecular complexity index is 691. The maximum Gasteiger partial charge on any atom is 0.410 e. The maximum atomic E-state index is 13.3. The monoisotopic (exact) mass is 372 g/mol. The average molecular weight is 373 g/mol. The highest BCUT2D eigenvalue weighted by Gasteiger charge is 2.38. The first kappa shape index (κ1) is 19.7. The van der Waals surface area contributed by atoms with Gasteiger partial charge in [-0.05, 0) is 64.5 Å². The van der Waals surface area contributed by atoms with Crippen molar-refractivity contribution in [2.45, 2.75) is 71.6 Å². The zero-order valence-electron chi connectivity index (χ0n) is 17.0. The molecule has 5 nitrogen and oxygen atoms in total. The summed E-state index contributed by atoms with van der Waals surface area (Å²) < 4.78 is 5.50. The van der Waals surface area contributed by atoms with E-state index in [-0.39, 0.29) is 17.9 Å². The summed E-state index contributed by atoms with van der Waals surface area (Å²) in [6, 6.07) is 8.61. The molecule has 1 aliphatic carbocycles. The van der Waals surface area contributed by atoms with Crippen molar-refractivity contribution >= 4 is 12.0 Å². The molecule has 1 atom stereocenters. The van der Waals surface area contributed by atoms with E-state index < -0.39 is 5.60 Å². The van der Waals surface area contributed by atoms with Gasteiger partial charge in [0, 0.05) is 25.7 Å². The van der Waals surface area contributed by atoms with Crippen LogP contribution in [0.1, 0.15) is 57.6 Å². The molecule has 0 radical (unpaired) electrons. The number of likely N-dealkylation sites (tertiary alicyclic amines) is 1. The van der Waals surface area contributed by atoms with Crippen molar-refractivity contribution in [2.24, 2.45) is 5.92 Å². The van der Waals surface area contributed by atoms with Gasteiger partial charge in [0.15, 0.2) is 0 Å². The molecule has 1 aliphatic heterocycles. The van der Waals surface area contributed by atoms with E-state index in [0.29, 0.717) is 25.7 Å². The number of ether oxygens (including phenoxy) is 1. The van der Waals surface area contributed by atoms with Gasteiger partial charge in [-0.15, -0.1) is 0 Å². The number of nitrogens with zero attached hydrogens (tertiary/aromatic N) is 2. The summed E-state index contributed by atoms with van der Waals surface area (Å²) in [6.45, 7) is 9.50. The highest BCUT2D eigenvalue weighted by molar-refractivity contribution is 5.81. The van der Waals surface area contributed by atoms with Crippen LogP contribution in [0.3, 0.4) is 0 Å². The number of rotatable bonds is 4. The van der Waals surface area contributed by atoms with E-state index in [1.807, 2.05) is 37.8 Å². The molecule has 0 unspecified atom stereocenters. The van der Waals surface area contributed by atoms with Crippen LogP contribution in [-0.2, 0) is 16.1 Å². The van der Waals surface area contributed by atoms with Crippen LogP contribution >= 0.6 is 0 Å². The number of hydrogen-bond acceptors (Lipinski definition) is 3. The molecule has 148 valence electrons. The summed E-state index contributed by atoms with van der Waals surface area (Å²) in [6.07, 6.45) is 3.55. The topological polar surface area (TPSA) is 49.9 Å². The summed E-state index contributed by atoms with van der Waals surface area (Å²) in [5.74, 6) is 0.0601. The quantitative estimate of drug-likeness (QED) is 0.798. The predicted octanol–water partition coefficient (Wildman–Crippen LogP) is 4.13. The third-order valence-electron chi connectivity index (χ3n) is 5.29. The van der Waals surface area contributed by atoms with Gasteiger partial charge < -0.3 is 14.5 Å². The molecule has 0 N–H and O–H groups in total. The fourth-order valence-electron chi connectivity index (χ4n) is 3.65. The Morgan fingerprint density at radius 3 is 2.52 bits per heavy atom. The Labute approximate surface area is 162 Å². The molecule has 2 amide bonds. The second-order valence-electron chi connectivity index (χ2n) is 8.89. The number of carbonyl (C=O) groups excluding carboxylic acids is 2. The van der Waals surface area contributed by atoms with Gasteiger partial charge in [0.05, 0.1) is 5.92 Å². The molecule has 1 aromatic carbocycles. The number of hydrogen-bond donors (Lipinski definition) is 0. The lowest BCUT2D eigenvalue weighted by molar-refractivity contribution is -0.138. The molecule has 0 spiro atoms. The molecule has 1 heterocycles. The lowest BCUT2D eigenvalue weighted by atomic mass is 9.96. The highest BCUT2D eigenvalue weighted by atomic mass is 16.6. The van der Waals surface area contributed by atoms with Gasteiger partial charge in [0.25, 0.3) is 0 Å². The number of piperidine rings is 1. The zero-order chi connectivity index (χ0) is 19.6. The van der Waals surface area contributed by atoms with Crippen LogP contribution in [0.25, 0.3) is 0 Å². The summed E-state index contributed by atoms with van der Waals surface area (Å²) in [5.41, 5.74) is 1.91. The van der Waals surface area contributed by atoms with Crippen molar-refractivity contribution in [3.05, 3.63) is 35.4 Å². The molecule has 1 saturated carbocycles. The van der Waals surface area contributed by atoms with Gasteiger partial charge >= 0.3 is 6.09 Å². The molecule has 2 aliphatic rings. The highest BCUT2D eigenvalue weighted by Crippen LogP contribution is 2.32. The SMILES string of the molecule is Cc1ccccc1CN(C(=O)[C@@H]1CCCN(C(=O)OC(C)(C)C)C1)C1CC1. The predicted molar refractivity (Wildman–Crippen MR) is 105 cm³/mol. The number of amides is 2. The second kappa shape index (κ2) is 7.91. The van der Waals surface area contributed by atoms with E-state index in [9.17, 15) is 9.59 Å². The molecule has 1 saturated heterocycles.